The molecule has 114 valence electrons. The smallest absolute Gasteiger partial charge is 0.398 e. The van der Waals surface area contributed by atoms with E-state index in [1.807, 2.05) is 0 Å². The molecule has 16 heteroatoms. The summed E-state index contributed by atoms with van der Waals surface area (Å²) >= 11 is 0. The van der Waals surface area contributed by atoms with Crippen molar-refractivity contribution in [1.29, 1.82) is 0 Å². The lowest BCUT2D eigenvalue weighted by molar-refractivity contribution is 0.275. The summed E-state index contributed by atoms with van der Waals surface area (Å²) in [5, 5.41) is 36.3. The van der Waals surface area contributed by atoms with E-state index in [0.717, 1.165) is 21.3 Å². The number of rotatable bonds is 3. The molecule has 0 amide bonds. The van der Waals surface area contributed by atoms with Crippen LogP contribution in [-0.4, -0.2) is 76.0 Å². The van der Waals surface area contributed by atoms with Crippen molar-refractivity contribution >= 4 is 29.6 Å². The van der Waals surface area contributed by atoms with Crippen LogP contribution >= 0.6 is 0 Å². The van der Waals surface area contributed by atoms with Crippen molar-refractivity contribution in [2.24, 2.45) is 0 Å². The largest absolute Gasteiger partial charge is 0.677 e. The molecule has 0 bridgehead atoms. The van der Waals surface area contributed by atoms with Gasteiger partial charge in [-0.3, -0.25) is 17.3 Å². The SMILES string of the molecule is COB(O)F.COB(O)F.COB(O)F.OB(O)F. The maximum Gasteiger partial charge on any atom is 0.677 e. The lowest BCUT2D eigenvalue weighted by Crippen LogP contribution is -2.05. The van der Waals surface area contributed by atoms with E-state index in [4.69, 9.17) is 25.1 Å². The van der Waals surface area contributed by atoms with Crippen LogP contribution in [-0.2, 0) is 14.0 Å². The third-order valence-corrected chi connectivity index (χ3v) is 0.583. The van der Waals surface area contributed by atoms with Gasteiger partial charge in [-0.05, 0) is 0 Å². The first kappa shape index (κ1) is 27.1. The van der Waals surface area contributed by atoms with Crippen molar-refractivity contribution in [3.8, 4) is 0 Å². The first-order valence-corrected chi connectivity index (χ1v) is 4.10. The Bertz CT molecular complexity index is 123. The Balaban J connectivity index is -0.0000000793. The van der Waals surface area contributed by atoms with Crippen molar-refractivity contribution in [2.45, 2.75) is 0 Å². The quantitative estimate of drug-likeness (QED) is 0.290. The standard InChI is InChI=1S/3CH4BFO2.BFH2O2/c3*1-5-2(3)4;2-1(3)4/h3*4H,1H3;3-4H. The van der Waals surface area contributed by atoms with E-state index in [1.165, 1.54) is 0 Å². The highest BCUT2D eigenvalue weighted by Crippen LogP contribution is 1.71. The van der Waals surface area contributed by atoms with E-state index in [-0.39, 0.29) is 0 Å². The van der Waals surface area contributed by atoms with Crippen LogP contribution in [0.1, 0.15) is 0 Å². The zero-order valence-corrected chi connectivity index (χ0v) is 10.3. The van der Waals surface area contributed by atoms with Gasteiger partial charge in [0.15, 0.2) is 0 Å². The van der Waals surface area contributed by atoms with Crippen molar-refractivity contribution < 1.29 is 56.3 Å². The predicted molar refractivity (Wildman–Crippen MR) is 59.6 cm³/mol. The molecule has 0 rings (SSSR count). The summed E-state index contributed by atoms with van der Waals surface area (Å²) in [5.41, 5.74) is 0. The highest BCUT2D eigenvalue weighted by molar-refractivity contribution is 6.33. The summed E-state index contributed by atoms with van der Waals surface area (Å²) in [6.45, 7) is 0. The normalized spacial score (nSPS) is 7.58. The van der Waals surface area contributed by atoms with E-state index in [0.29, 0.717) is 0 Å². The molecule has 0 aromatic heterocycles. The number of hydrogen-bond acceptors (Lipinski definition) is 8. The second-order valence-corrected chi connectivity index (χ2v) is 1.89. The molecule has 0 aromatic rings. The monoisotopic (exact) mass is 298 g/mol. The molecule has 5 N–H and O–H groups in total. The Kier molecular flexibility index (Phi) is 32.5. The molecule has 0 fully saturated rings. The number of hydrogen-bond donors (Lipinski definition) is 5. The van der Waals surface area contributed by atoms with Crippen molar-refractivity contribution in [3.63, 3.8) is 0 Å². The lowest BCUT2D eigenvalue weighted by Gasteiger charge is -1.81. The Morgan fingerprint density at radius 3 is 0.632 bits per heavy atom. The molecule has 0 aliphatic rings. The number of halogens is 4. The highest BCUT2D eigenvalue weighted by Gasteiger charge is 2.05. The maximum atomic E-state index is 10.8. The Morgan fingerprint density at radius 2 is 0.632 bits per heavy atom. The van der Waals surface area contributed by atoms with E-state index in [1.54, 1.807) is 0 Å². The average molecular weight is 297 g/mol. The third-order valence-electron chi connectivity index (χ3n) is 0.583. The second kappa shape index (κ2) is 22.8. The maximum absolute atomic E-state index is 10.8. The van der Waals surface area contributed by atoms with Crippen LogP contribution in [0.2, 0.25) is 0 Å². The van der Waals surface area contributed by atoms with Crippen LogP contribution in [0.3, 0.4) is 0 Å². The van der Waals surface area contributed by atoms with Gasteiger partial charge in [-0.2, -0.15) is 0 Å². The first-order chi connectivity index (χ1) is 8.54. The molecule has 0 unspecified atom stereocenters. The highest BCUT2D eigenvalue weighted by atomic mass is 19.1. The average Bonchev–Trinajstić information content (AvgIpc) is 2.29. The molecule has 0 radical (unpaired) electrons. The molecule has 0 saturated carbocycles. The van der Waals surface area contributed by atoms with Crippen molar-refractivity contribution in [2.75, 3.05) is 21.3 Å². The van der Waals surface area contributed by atoms with Crippen molar-refractivity contribution in [1.82, 2.24) is 0 Å². The van der Waals surface area contributed by atoms with Gasteiger partial charge in [0.1, 0.15) is 0 Å². The summed E-state index contributed by atoms with van der Waals surface area (Å²) in [5.74, 6) is 0. The summed E-state index contributed by atoms with van der Waals surface area (Å²) < 4.78 is 53.3. The van der Waals surface area contributed by atoms with Crippen LogP contribution in [0, 0.1) is 0 Å². The molecule has 0 spiro atoms. The van der Waals surface area contributed by atoms with Gasteiger partial charge in [0.25, 0.3) is 0 Å². The summed E-state index contributed by atoms with van der Waals surface area (Å²) in [6.07, 6.45) is 0. The minimum Gasteiger partial charge on any atom is -0.398 e. The molecular formula is C3H14B4F4O8. The van der Waals surface area contributed by atoms with Gasteiger partial charge in [0.2, 0.25) is 0 Å². The molecule has 0 saturated heterocycles. The molecule has 8 nitrogen and oxygen atoms in total. The van der Waals surface area contributed by atoms with Gasteiger partial charge in [0, 0.05) is 21.3 Å². The van der Waals surface area contributed by atoms with E-state index in [9.17, 15) is 17.3 Å². The third kappa shape index (κ3) is 135. The fourth-order valence-electron chi connectivity index (χ4n) is 0. The second-order valence-electron chi connectivity index (χ2n) is 1.89. The van der Waals surface area contributed by atoms with Gasteiger partial charge < -0.3 is 39.1 Å². The van der Waals surface area contributed by atoms with Gasteiger partial charge in [0.05, 0.1) is 0 Å². The van der Waals surface area contributed by atoms with E-state index >= 15 is 0 Å². The van der Waals surface area contributed by atoms with Gasteiger partial charge in [-0.25, -0.2) is 0 Å². The minimum absolute atomic E-state index is 1.07. The fraction of sp³-hybridized carbons (Fsp3) is 1.00. The van der Waals surface area contributed by atoms with Crippen LogP contribution in [0.25, 0.3) is 0 Å². The zero-order chi connectivity index (χ0) is 16.4. The molecule has 0 heterocycles. The van der Waals surface area contributed by atoms with Crippen molar-refractivity contribution in [3.05, 3.63) is 0 Å². The van der Waals surface area contributed by atoms with E-state index < -0.39 is 29.6 Å². The van der Waals surface area contributed by atoms with Crippen LogP contribution in [0.5, 0.6) is 0 Å². The van der Waals surface area contributed by atoms with Gasteiger partial charge in [-0.15, -0.1) is 0 Å². The fourth-order valence-corrected chi connectivity index (χ4v) is 0. The van der Waals surface area contributed by atoms with Gasteiger partial charge >= 0.3 is 29.6 Å². The summed E-state index contributed by atoms with van der Waals surface area (Å²) in [6, 6.07) is 0. The Hall–Kier alpha value is -0.340. The molecule has 0 aliphatic carbocycles. The first-order valence-electron chi connectivity index (χ1n) is 4.10. The Labute approximate surface area is 108 Å². The molecule has 0 aliphatic heterocycles. The van der Waals surface area contributed by atoms with Gasteiger partial charge in [-0.1, -0.05) is 0 Å². The summed E-state index contributed by atoms with van der Waals surface area (Å²) in [4.78, 5) is 0. The predicted octanol–water partition coefficient (Wildman–Crippen LogP) is -2.34. The Morgan fingerprint density at radius 1 is 0.579 bits per heavy atom. The lowest BCUT2D eigenvalue weighted by atomic mass is 10.3. The minimum atomic E-state index is -2.67. The van der Waals surface area contributed by atoms with Crippen LogP contribution < -0.4 is 0 Å². The van der Waals surface area contributed by atoms with Crippen LogP contribution in [0.15, 0.2) is 0 Å². The van der Waals surface area contributed by atoms with Crippen LogP contribution in [0.4, 0.5) is 17.3 Å². The topological polar surface area (TPSA) is 129 Å². The van der Waals surface area contributed by atoms with E-state index in [2.05, 4.69) is 14.0 Å². The molecule has 0 aromatic carbocycles. The molecule has 19 heavy (non-hydrogen) atoms. The summed E-state index contributed by atoms with van der Waals surface area (Å²) in [7, 11) is -5.79. The molecular weight excluding hydrogens is 283 g/mol. The zero-order valence-electron chi connectivity index (χ0n) is 10.3. The molecule has 0 atom stereocenters.